The zero-order valence-electron chi connectivity index (χ0n) is 18.4. The molecule has 0 spiro atoms. The molecule has 0 aliphatic carbocycles. The molecule has 0 saturated carbocycles. The predicted octanol–water partition coefficient (Wildman–Crippen LogP) is 2.94. The second-order valence-corrected chi connectivity index (χ2v) is 7.64. The van der Waals surface area contributed by atoms with E-state index in [9.17, 15) is 9.59 Å². The molecule has 3 N–H and O–H groups in total. The van der Waals surface area contributed by atoms with Crippen molar-refractivity contribution in [2.45, 2.75) is 32.5 Å². The Kier molecular flexibility index (Phi) is 8.68. The lowest BCUT2D eigenvalue weighted by atomic mass is 10.1. The van der Waals surface area contributed by atoms with Crippen LogP contribution < -0.4 is 20.7 Å². The summed E-state index contributed by atoms with van der Waals surface area (Å²) in [5.74, 6) is 0.670. The monoisotopic (exact) mass is 412 g/mol. The highest BCUT2D eigenvalue weighted by atomic mass is 16.5. The van der Waals surface area contributed by atoms with Crippen molar-refractivity contribution in [3.05, 3.63) is 65.2 Å². The first kappa shape index (κ1) is 23.2. The summed E-state index contributed by atoms with van der Waals surface area (Å²) in [5.41, 5.74) is 2.61. The normalized spacial score (nSPS) is 11.8. The van der Waals surface area contributed by atoms with E-state index in [1.807, 2.05) is 64.3 Å². The molecule has 2 rings (SSSR count). The van der Waals surface area contributed by atoms with E-state index in [1.54, 1.807) is 19.2 Å². The lowest BCUT2D eigenvalue weighted by Gasteiger charge is -2.25. The van der Waals surface area contributed by atoms with E-state index in [1.165, 1.54) is 0 Å². The van der Waals surface area contributed by atoms with Crippen LogP contribution in [0.3, 0.4) is 0 Å². The van der Waals surface area contributed by atoms with Crippen LogP contribution in [0.4, 0.5) is 4.79 Å². The highest BCUT2D eigenvalue weighted by Gasteiger charge is 2.16. The third-order valence-electron chi connectivity index (χ3n) is 4.67. The molecule has 0 unspecified atom stereocenters. The highest BCUT2D eigenvalue weighted by Crippen LogP contribution is 2.20. The SMILES string of the molecule is COc1ccc([C@H](CNC(=O)c2ccc(CNC(=O)NC(C)C)cc2)N(C)C)cc1. The van der Waals surface area contributed by atoms with Gasteiger partial charge >= 0.3 is 6.03 Å². The number of likely N-dealkylation sites (N-methyl/N-ethyl adjacent to an activating group) is 1. The fourth-order valence-corrected chi connectivity index (χ4v) is 2.99. The molecule has 0 saturated heterocycles. The van der Waals surface area contributed by atoms with Gasteiger partial charge in [0, 0.05) is 24.7 Å². The van der Waals surface area contributed by atoms with Crippen LogP contribution in [-0.4, -0.2) is 50.6 Å². The molecule has 0 bridgehead atoms. The molecule has 0 aliphatic heterocycles. The van der Waals surface area contributed by atoms with Crippen LogP contribution in [0.15, 0.2) is 48.5 Å². The molecule has 1 atom stereocenters. The van der Waals surface area contributed by atoms with Gasteiger partial charge in [0.15, 0.2) is 0 Å². The smallest absolute Gasteiger partial charge is 0.315 e. The van der Waals surface area contributed by atoms with Crippen molar-refractivity contribution < 1.29 is 14.3 Å². The van der Waals surface area contributed by atoms with Gasteiger partial charge in [0.2, 0.25) is 0 Å². The third-order valence-corrected chi connectivity index (χ3v) is 4.67. The van der Waals surface area contributed by atoms with E-state index >= 15 is 0 Å². The quantitative estimate of drug-likeness (QED) is 0.591. The summed E-state index contributed by atoms with van der Waals surface area (Å²) in [6, 6.07) is 15.0. The van der Waals surface area contributed by atoms with Gasteiger partial charge in [0.25, 0.3) is 5.91 Å². The number of ether oxygens (including phenoxy) is 1. The Bertz CT molecular complexity index is 817. The summed E-state index contributed by atoms with van der Waals surface area (Å²) in [5, 5.41) is 8.57. The van der Waals surface area contributed by atoms with Crippen LogP contribution >= 0.6 is 0 Å². The lowest BCUT2D eigenvalue weighted by molar-refractivity contribution is 0.0942. The molecule has 7 nitrogen and oxygen atoms in total. The summed E-state index contributed by atoms with van der Waals surface area (Å²) in [7, 11) is 5.61. The van der Waals surface area contributed by atoms with Crippen molar-refractivity contribution in [1.82, 2.24) is 20.9 Å². The molecule has 30 heavy (non-hydrogen) atoms. The Morgan fingerprint density at radius 3 is 2.13 bits per heavy atom. The summed E-state index contributed by atoms with van der Waals surface area (Å²) in [6.07, 6.45) is 0. The van der Waals surface area contributed by atoms with Crippen molar-refractivity contribution in [3.63, 3.8) is 0 Å². The number of hydrogen-bond acceptors (Lipinski definition) is 4. The molecule has 0 heterocycles. The van der Waals surface area contributed by atoms with E-state index in [4.69, 9.17) is 4.74 Å². The van der Waals surface area contributed by atoms with Crippen molar-refractivity contribution in [2.75, 3.05) is 27.7 Å². The Labute approximate surface area is 178 Å². The molecule has 0 radical (unpaired) electrons. The number of carbonyl (C=O) groups excluding carboxylic acids is 2. The fraction of sp³-hybridized carbons (Fsp3) is 0.391. The van der Waals surface area contributed by atoms with E-state index < -0.39 is 0 Å². The number of urea groups is 1. The van der Waals surface area contributed by atoms with Gasteiger partial charge in [0.1, 0.15) is 5.75 Å². The number of nitrogens with zero attached hydrogens (tertiary/aromatic N) is 1. The van der Waals surface area contributed by atoms with Gasteiger partial charge in [-0.1, -0.05) is 24.3 Å². The lowest BCUT2D eigenvalue weighted by Crippen LogP contribution is -2.39. The van der Waals surface area contributed by atoms with Gasteiger partial charge < -0.3 is 25.6 Å². The average Bonchev–Trinajstić information content (AvgIpc) is 2.72. The second-order valence-electron chi connectivity index (χ2n) is 7.64. The number of amides is 3. The fourth-order valence-electron chi connectivity index (χ4n) is 2.99. The maximum absolute atomic E-state index is 12.6. The first-order valence-electron chi connectivity index (χ1n) is 10.0. The van der Waals surface area contributed by atoms with Gasteiger partial charge in [-0.25, -0.2) is 4.79 Å². The standard InChI is InChI=1S/C23H32N4O3/c1-16(2)26-23(29)25-14-17-6-8-19(9-7-17)22(28)24-15-21(27(3)4)18-10-12-20(30-5)13-11-18/h6-13,16,21H,14-15H2,1-5H3,(H,24,28)(H2,25,26,29)/t21-/m0/s1. The largest absolute Gasteiger partial charge is 0.497 e. The number of carbonyl (C=O) groups is 2. The van der Waals surface area contributed by atoms with Crippen LogP contribution in [0.25, 0.3) is 0 Å². The van der Waals surface area contributed by atoms with Gasteiger partial charge in [-0.3, -0.25) is 4.79 Å². The minimum absolute atomic E-state index is 0.0443. The Balaban J connectivity index is 1.91. The topological polar surface area (TPSA) is 82.7 Å². The number of methoxy groups -OCH3 is 1. The van der Waals surface area contributed by atoms with Crippen molar-refractivity contribution in [2.24, 2.45) is 0 Å². The van der Waals surface area contributed by atoms with Crippen LogP contribution in [-0.2, 0) is 6.54 Å². The maximum atomic E-state index is 12.6. The summed E-state index contributed by atoms with van der Waals surface area (Å²) in [4.78, 5) is 26.3. The highest BCUT2D eigenvalue weighted by molar-refractivity contribution is 5.94. The Morgan fingerprint density at radius 2 is 1.60 bits per heavy atom. The zero-order chi connectivity index (χ0) is 22.1. The Morgan fingerprint density at radius 1 is 0.967 bits per heavy atom. The first-order chi connectivity index (χ1) is 14.3. The third kappa shape index (κ3) is 7.08. The van der Waals surface area contributed by atoms with Crippen LogP contribution in [0.2, 0.25) is 0 Å². The van der Waals surface area contributed by atoms with E-state index in [2.05, 4.69) is 20.9 Å². The molecule has 3 amide bonds. The molecular weight excluding hydrogens is 380 g/mol. The molecule has 2 aromatic carbocycles. The summed E-state index contributed by atoms with van der Waals surface area (Å²) >= 11 is 0. The summed E-state index contributed by atoms with van der Waals surface area (Å²) < 4.78 is 5.21. The van der Waals surface area contributed by atoms with E-state index in [-0.39, 0.29) is 24.0 Å². The van der Waals surface area contributed by atoms with Crippen molar-refractivity contribution in [1.29, 1.82) is 0 Å². The zero-order valence-corrected chi connectivity index (χ0v) is 18.4. The Hall–Kier alpha value is -3.06. The molecule has 7 heteroatoms. The minimum atomic E-state index is -0.208. The summed E-state index contributed by atoms with van der Waals surface area (Å²) in [6.45, 7) is 4.70. The molecule has 0 fully saturated rings. The minimum Gasteiger partial charge on any atom is -0.497 e. The van der Waals surface area contributed by atoms with Gasteiger partial charge in [0.05, 0.1) is 13.2 Å². The van der Waals surface area contributed by atoms with E-state index in [0.29, 0.717) is 18.7 Å². The molecule has 2 aromatic rings. The molecule has 162 valence electrons. The second kappa shape index (κ2) is 11.2. The number of rotatable bonds is 9. The molecule has 0 aromatic heterocycles. The number of hydrogen-bond donors (Lipinski definition) is 3. The number of nitrogens with one attached hydrogen (secondary N) is 3. The first-order valence-corrected chi connectivity index (χ1v) is 10.0. The van der Waals surface area contributed by atoms with E-state index in [0.717, 1.165) is 16.9 Å². The van der Waals surface area contributed by atoms with Crippen LogP contribution in [0.1, 0.15) is 41.4 Å². The number of benzene rings is 2. The van der Waals surface area contributed by atoms with Crippen LogP contribution in [0.5, 0.6) is 5.75 Å². The van der Waals surface area contributed by atoms with Gasteiger partial charge in [-0.2, -0.15) is 0 Å². The van der Waals surface area contributed by atoms with Gasteiger partial charge in [-0.15, -0.1) is 0 Å². The molecule has 0 aliphatic rings. The van der Waals surface area contributed by atoms with Gasteiger partial charge in [-0.05, 0) is 63.3 Å². The predicted molar refractivity (Wildman–Crippen MR) is 119 cm³/mol. The van der Waals surface area contributed by atoms with Crippen molar-refractivity contribution >= 4 is 11.9 Å². The molecular formula is C23H32N4O3. The average molecular weight is 413 g/mol. The maximum Gasteiger partial charge on any atom is 0.315 e. The van der Waals surface area contributed by atoms with Crippen molar-refractivity contribution in [3.8, 4) is 5.75 Å². The van der Waals surface area contributed by atoms with Crippen LogP contribution in [0, 0.1) is 0 Å².